The van der Waals surface area contributed by atoms with Crippen molar-refractivity contribution in [2.45, 2.75) is 6.42 Å². The van der Waals surface area contributed by atoms with Gasteiger partial charge in [-0.25, -0.2) is 0 Å². The molecule has 1 amide bonds. The summed E-state index contributed by atoms with van der Waals surface area (Å²) in [7, 11) is 6.47. The number of methoxy groups -OCH3 is 3. The molecule has 0 bridgehead atoms. The van der Waals surface area contributed by atoms with Gasteiger partial charge in [-0.3, -0.25) is 4.79 Å². The van der Waals surface area contributed by atoms with Crippen LogP contribution in [0.25, 0.3) is 10.8 Å². The summed E-state index contributed by atoms with van der Waals surface area (Å²) in [6.45, 7) is 0. The summed E-state index contributed by atoms with van der Waals surface area (Å²) in [4.78, 5) is 14.6. The maximum Gasteiger partial charge on any atom is 0.231 e. The Kier molecular flexibility index (Phi) is 5.50. The second-order valence-electron chi connectivity index (χ2n) is 6.16. The Balaban J connectivity index is 1.90. The first kappa shape index (κ1) is 18.6. The first-order chi connectivity index (χ1) is 13.1. The molecule has 27 heavy (non-hydrogen) atoms. The minimum Gasteiger partial charge on any atom is -0.493 e. The molecule has 5 heteroatoms. The van der Waals surface area contributed by atoms with E-state index < -0.39 is 0 Å². The number of hydrogen-bond donors (Lipinski definition) is 0. The molecule has 0 aliphatic rings. The number of ether oxygens (including phenoxy) is 3. The molecular formula is C22H23NO4. The van der Waals surface area contributed by atoms with Crippen molar-refractivity contribution in [3.63, 3.8) is 0 Å². The van der Waals surface area contributed by atoms with Crippen LogP contribution in [0.5, 0.6) is 17.2 Å². The monoisotopic (exact) mass is 365 g/mol. The van der Waals surface area contributed by atoms with Gasteiger partial charge >= 0.3 is 0 Å². The molecule has 0 saturated heterocycles. The molecule has 3 rings (SSSR count). The van der Waals surface area contributed by atoms with Gasteiger partial charge < -0.3 is 19.1 Å². The lowest BCUT2D eigenvalue weighted by molar-refractivity contribution is -0.117. The molecule has 0 radical (unpaired) electrons. The van der Waals surface area contributed by atoms with Gasteiger partial charge in [0.05, 0.1) is 33.4 Å². The van der Waals surface area contributed by atoms with Gasteiger partial charge in [0.15, 0.2) is 11.5 Å². The molecule has 0 saturated carbocycles. The smallest absolute Gasteiger partial charge is 0.231 e. The Morgan fingerprint density at radius 3 is 2.15 bits per heavy atom. The molecular weight excluding hydrogens is 342 g/mol. The van der Waals surface area contributed by atoms with Gasteiger partial charge in [0.2, 0.25) is 11.7 Å². The van der Waals surface area contributed by atoms with Gasteiger partial charge in [0, 0.05) is 12.4 Å². The van der Waals surface area contributed by atoms with E-state index in [4.69, 9.17) is 14.2 Å². The molecule has 0 atom stereocenters. The summed E-state index contributed by atoms with van der Waals surface area (Å²) in [6.07, 6.45) is 0.219. The third-order valence-electron chi connectivity index (χ3n) is 4.58. The van der Waals surface area contributed by atoms with Crippen molar-refractivity contribution in [3.8, 4) is 17.2 Å². The SMILES string of the molecule is COc1cc(CC(=O)N(C)c2cccc3ccccc23)cc(OC)c1OC. The zero-order valence-electron chi connectivity index (χ0n) is 16.0. The summed E-state index contributed by atoms with van der Waals surface area (Å²) in [5, 5.41) is 2.14. The summed E-state index contributed by atoms with van der Waals surface area (Å²) in [6, 6.07) is 17.6. The van der Waals surface area contributed by atoms with E-state index in [-0.39, 0.29) is 12.3 Å². The number of carbonyl (C=O) groups is 1. The second-order valence-corrected chi connectivity index (χ2v) is 6.16. The van der Waals surface area contributed by atoms with Gasteiger partial charge in [-0.15, -0.1) is 0 Å². The Morgan fingerprint density at radius 1 is 0.889 bits per heavy atom. The Morgan fingerprint density at radius 2 is 1.52 bits per heavy atom. The summed E-state index contributed by atoms with van der Waals surface area (Å²) in [5.41, 5.74) is 1.67. The van der Waals surface area contributed by atoms with Gasteiger partial charge in [-0.2, -0.15) is 0 Å². The number of anilines is 1. The van der Waals surface area contributed by atoms with Gasteiger partial charge in [-0.05, 0) is 29.1 Å². The molecule has 0 unspecified atom stereocenters. The van der Waals surface area contributed by atoms with E-state index in [1.165, 1.54) is 0 Å². The van der Waals surface area contributed by atoms with Crippen molar-refractivity contribution in [2.24, 2.45) is 0 Å². The fourth-order valence-corrected chi connectivity index (χ4v) is 3.17. The average Bonchev–Trinajstić information content (AvgIpc) is 2.71. The predicted molar refractivity (Wildman–Crippen MR) is 107 cm³/mol. The lowest BCUT2D eigenvalue weighted by Crippen LogP contribution is -2.28. The van der Waals surface area contributed by atoms with E-state index in [2.05, 4.69) is 0 Å². The zero-order valence-corrected chi connectivity index (χ0v) is 16.0. The molecule has 3 aromatic carbocycles. The van der Waals surface area contributed by atoms with Crippen LogP contribution in [0.4, 0.5) is 5.69 Å². The molecule has 3 aromatic rings. The van der Waals surface area contributed by atoms with Crippen molar-refractivity contribution < 1.29 is 19.0 Å². The largest absolute Gasteiger partial charge is 0.493 e. The fraction of sp³-hybridized carbons (Fsp3) is 0.227. The molecule has 0 spiro atoms. The topological polar surface area (TPSA) is 48.0 Å². The maximum absolute atomic E-state index is 12.9. The normalized spacial score (nSPS) is 10.5. The molecule has 0 fully saturated rings. The number of carbonyl (C=O) groups excluding carboxylic acids is 1. The number of likely N-dealkylation sites (N-methyl/N-ethyl adjacent to an activating group) is 1. The number of nitrogens with zero attached hydrogens (tertiary/aromatic N) is 1. The van der Waals surface area contributed by atoms with E-state index in [0.29, 0.717) is 17.2 Å². The summed E-state index contributed by atoms with van der Waals surface area (Å²) < 4.78 is 16.1. The second kappa shape index (κ2) is 7.99. The molecule has 0 heterocycles. The van der Waals surface area contributed by atoms with Crippen molar-refractivity contribution in [3.05, 3.63) is 60.2 Å². The van der Waals surface area contributed by atoms with Crippen LogP contribution in [0.15, 0.2) is 54.6 Å². The lowest BCUT2D eigenvalue weighted by atomic mass is 10.1. The van der Waals surface area contributed by atoms with Crippen molar-refractivity contribution in [2.75, 3.05) is 33.3 Å². The van der Waals surface area contributed by atoms with Crippen LogP contribution in [0.1, 0.15) is 5.56 Å². The minimum atomic E-state index is -0.0272. The molecule has 0 aromatic heterocycles. The lowest BCUT2D eigenvalue weighted by Gasteiger charge is -2.20. The average molecular weight is 365 g/mol. The van der Waals surface area contributed by atoms with Gasteiger partial charge in [-0.1, -0.05) is 36.4 Å². The Hall–Kier alpha value is -3.21. The van der Waals surface area contributed by atoms with Crippen LogP contribution in [0, 0.1) is 0 Å². The van der Waals surface area contributed by atoms with Crippen molar-refractivity contribution >= 4 is 22.4 Å². The first-order valence-corrected chi connectivity index (χ1v) is 8.62. The van der Waals surface area contributed by atoms with E-state index in [0.717, 1.165) is 22.0 Å². The van der Waals surface area contributed by atoms with Crippen molar-refractivity contribution in [1.29, 1.82) is 0 Å². The number of rotatable bonds is 6. The van der Waals surface area contributed by atoms with Crippen LogP contribution < -0.4 is 19.1 Å². The zero-order chi connectivity index (χ0) is 19.4. The standard InChI is InChI=1S/C22H23NO4/c1-23(18-11-7-9-16-8-5-6-10-17(16)18)21(24)14-15-12-19(25-2)22(27-4)20(13-15)26-3/h5-13H,14H2,1-4H3. The highest BCUT2D eigenvalue weighted by Crippen LogP contribution is 2.38. The van der Waals surface area contributed by atoms with E-state index in [9.17, 15) is 4.79 Å². The van der Waals surface area contributed by atoms with E-state index in [1.54, 1.807) is 45.4 Å². The predicted octanol–water partition coefficient (Wildman–Crippen LogP) is 4.07. The van der Waals surface area contributed by atoms with Gasteiger partial charge in [0.25, 0.3) is 0 Å². The molecule has 0 N–H and O–H groups in total. The number of fused-ring (bicyclic) bond motifs is 1. The molecule has 0 aliphatic heterocycles. The summed E-state index contributed by atoms with van der Waals surface area (Å²) in [5.74, 6) is 1.55. The summed E-state index contributed by atoms with van der Waals surface area (Å²) >= 11 is 0. The maximum atomic E-state index is 12.9. The highest BCUT2D eigenvalue weighted by molar-refractivity contribution is 6.04. The van der Waals surface area contributed by atoms with E-state index >= 15 is 0 Å². The van der Waals surface area contributed by atoms with Crippen LogP contribution in [0.3, 0.4) is 0 Å². The Bertz CT molecular complexity index is 937. The van der Waals surface area contributed by atoms with Crippen LogP contribution in [-0.4, -0.2) is 34.3 Å². The van der Waals surface area contributed by atoms with Crippen LogP contribution in [0.2, 0.25) is 0 Å². The highest BCUT2D eigenvalue weighted by Gasteiger charge is 2.18. The third kappa shape index (κ3) is 3.67. The Labute approximate surface area is 159 Å². The van der Waals surface area contributed by atoms with Gasteiger partial charge in [0.1, 0.15) is 0 Å². The third-order valence-corrected chi connectivity index (χ3v) is 4.58. The molecule has 5 nitrogen and oxygen atoms in total. The highest BCUT2D eigenvalue weighted by atomic mass is 16.5. The molecule has 0 aliphatic carbocycles. The quantitative estimate of drug-likeness (QED) is 0.661. The molecule has 140 valence electrons. The van der Waals surface area contributed by atoms with Crippen LogP contribution >= 0.6 is 0 Å². The minimum absolute atomic E-state index is 0.0272. The number of amides is 1. The first-order valence-electron chi connectivity index (χ1n) is 8.62. The van der Waals surface area contributed by atoms with Crippen LogP contribution in [-0.2, 0) is 11.2 Å². The number of benzene rings is 3. The number of hydrogen-bond acceptors (Lipinski definition) is 4. The fourth-order valence-electron chi connectivity index (χ4n) is 3.17. The van der Waals surface area contributed by atoms with Crippen molar-refractivity contribution in [1.82, 2.24) is 0 Å². The van der Waals surface area contributed by atoms with E-state index in [1.807, 2.05) is 42.5 Å².